The molecule has 1 heterocycles. The summed E-state index contributed by atoms with van der Waals surface area (Å²) in [6.45, 7) is 1.63. The Hall–Kier alpha value is -3.45. The van der Waals surface area contributed by atoms with E-state index >= 15 is 0 Å². The number of carbonyl (C=O) groups excluding carboxylic acids is 1. The highest BCUT2D eigenvalue weighted by molar-refractivity contribution is 7.12. The third kappa shape index (κ3) is 6.07. The van der Waals surface area contributed by atoms with Crippen LogP contribution in [0.2, 0.25) is 0 Å². The minimum Gasteiger partial charge on any atom is -0.385 e. The van der Waals surface area contributed by atoms with Crippen molar-refractivity contribution in [2.24, 2.45) is 10.3 Å². The van der Waals surface area contributed by atoms with Gasteiger partial charge in [-0.05, 0) is 48.2 Å². The van der Waals surface area contributed by atoms with Gasteiger partial charge in [0.2, 0.25) is 0 Å². The van der Waals surface area contributed by atoms with Crippen LogP contribution in [-0.4, -0.2) is 24.4 Å². The number of anilines is 2. The lowest BCUT2D eigenvalue weighted by atomic mass is 10.2. The standard InChI is InChI=1S/C21H20N4O2S/c1-16(20-11-6-12-28-20)25-27-15-21(26)24-22-14-17-7-5-10-19(13-17)23-18-8-3-2-4-9-18/h2-14,23H,15H2,1H3,(H,24,26)/b22-14+,25-16+. The maximum Gasteiger partial charge on any atom is 0.280 e. The number of rotatable bonds is 8. The van der Waals surface area contributed by atoms with Gasteiger partial charge < -0.3 is 10.2 Å². The van der Waals surface area contributed by atoms with Gasteiger partial charge in [0.1, 0.15) is 0 Å². The lowest BCUT2D eigenvalue weighted by Gasteiger charge is -2.06. The number of oxime groups is 1. The highest BCUT2D eigenvalue weighted by Gasteiger charge is 2.02. The number of hydrazone groups is 1. The number of thiophene rings is 1. The highest BCUT2D eigenvalue weighted by Crippen LogP contribution is 2.16. The Bertz CT molecular complexity index is 954. The first-order chi connectivity index (χ1) is 13.7. The number of carbonyl (C=O) groups is 1. The van der Waals surface area contributed by atoms with Crippen LogP contribution in [0.5, 0.6) is 0 Å². The summed E-state index contributed by atoms with van der Waals surface area (Å²) in [4.78, 5) is 17.9. The predicted molar refractivity (Wildman–Crippen MR) is 114 cm³/mol. The second-order valence-electron chi connectivity index (χ2n) is 5.84. The van der Waals surface area contributed by atoms with E-state index < -0.39 is 0 Å². The summed E-state index contributed by atoms with van der Waals surface area (Å²) in [7, 11) is 0. The molecule has 2 aromatic carbocycles. The van der Waals surface area contributed by atoms with Crippen molar-refractivity contribution in [3.05, 3.63) is 82.6 Å². The average molecular weight is 392 g/mol. The average Bonchev–Trinajstić information content (AvgIpc) is 3.24. The Kier molecular flexibility index (Phi) is 6.92. The van der Waals surface area contributed by atoms with Crippen LogP contribution in [0.15, 0.2) is 82.4 Å². The molecule has 6 nitrogen and oxygen atoms in total. The molecule has 1 aromatic heterocycles. The van der Waals surface area contributed by atoms with Crippen molar-refractivity contribution < 1.29 is 9.63 Å². The molecule has 0 aliphatic rings. The minimum atomic E-state index is -0.377. The highest BCUT2D eigenvalue weighted by atomic mass is 32.1. The lowest BCUT2D eigenvalue weighted by Crippen LogP contribution is -2.22. The van der Waals surface area contributed by atoms with Crippen molar-refractivity contribution >= 4 is 40.5 Å². The van der Waals surface area contributed by atoms with Crippen molar-refractivity contribution in [2.75, 3.05) is 11.9 Å². The Labute approximate surface area is 167 Å². The molecule has 142 valence electrons. The van der Waals surface area contributed by atoms with Crippen LogP contribution in [0, 0.1) is 0 Å². The summed E-state index contributed by atoms with van der Waals surface area (Å²) in [6, 6.07) is 21.5. The molecule has 0 aliphatic heterocycles. The van der Waals surface area contributed by atoms with E-state index in [9.17, 15) is 4.79 Å². The molecule has 0 radical (unpaired) electrons. The lowest BCUT2D eigenvalue weighted by molar-refractivity contribution is -0.125. The number of nitrogens with zero attached hydrogens (tertiary/aromatic N) is 2. The third-order valence-corrected chi connectivity index (χ3v) is 4.61. The van der Waals surface area contributed by atoms with Gasteiger partial charge in [-0.25, -0.2) is 5.43 Å². The van der Waals surface area contributed by atoms with Gasteiger partial charge in [0.05, 0.1) is 16.8 Å². The maximum atomic E-state index is 11.8. The zero-order valence-corrected chi connectivity index (χ0v) is 16.1. The fourth-order valence-corrected chi connectivity index (χ4v) is 2.98. The topological polar surface area (TPSA) is 75.1 Å². The molecule has 7 heteroatoms. The van der Waals surface area contributed by atoms with Gasteiger partial charge in [0, 0.05) is 11.4 Å². The summed E-state index contributed by atoms with van der Waals surface area (Å²) >= 11 is 1.56. The van der Waals surface area contributed by atoms with E-state index in [1.807, 2.05) is 79.0 Å². The fraction of sp³-hybridized carbons (Fsp3) is 0.0952. The zero-order chi connectivity index (χ0) is 19.6. The van der Waals surface area contributed by atoms with Gasteiger partial charge in [-0.15, -0.1) is 11.3 Å². The predicted octanol–water partition coefficient (Wildman–Crippen LogP) is 4.38. The molecule has 3 rings (SSSR count). The van der Waals surface area contributed by atoms with Crippen LogP contribution in [-0.2, 0) is 9.63 Å². The Morgan fingerprint density at radius 3 is 2.68 bits per heavy atom. The number of hydrogen-bond donors (Lipinski definition) is 2. The van der Waals surface area contributed by atoms with E-state index in [1.165, 1.54) is 0 Å². The van der Waals surface area contributed by atoms with Gasteiger partial charge >= 0.3 is 0 Å². The van der Waals surface area contributed by atoms with Crippen LogP contribution < -0.4 is 10.7 Å². The number of benzene rings is 2. The van der Waals surface area contributed by atoms with Crippen molar-refractivity contribution in [3.8, 4) is 0 Å². The van der Waals surface area contributed by atoms with E-state index in [4.69, 9.17) is 4.84 Å². The Morgan fingerprint density at radius 1 is 1.07 bits per heavy atom. The first kappa shape index (κ1) is 19.3. The van der Waals surface area contributed by atoms with Gasteiger partial charge in [-0.3, -0.25) is 4.79 Å². The fourth-order valence-electron chi connectivity index (χ4n) is 2.31. The van der Waals surface area contributed by atoms with Crippen LogP contribution in [0.1, 0.15) is 17.4 Å². The molecule has 0 spiro atoms. The number of hydrogen-bond acceptors (Lipinski definition) is 6. The van der Waals surface area contributed by atoms with E-state index in [0.29, 0.717) is 0 Å². The second kappa shape index (κ2) is 10.0. The molecule has 1 amide bonds. The van der Waals surface area contributed by atoms with Crippen LogP contribution in [0.25, 0.3) is 0 Å². The smallest absolute Gasteiger partial charge is 0.280 e. The normalized spacial score (nSPS) is 11.4. The number of amides is 1. The van der Waals surface area contributed by atoms with Gasteiger partial charge in [0.15, 0.2) is 6.61 Å². The largest absolute Gasteiger partial charge is 0.385 e. The monoisotopic (exact) mass is 392 g/mol. The SMILES string of the molecule is C/C(=N\OCC(=O)N/N=C/c1cccc(Nc2ccccc2)c1)c1cccs1. The van der Waals surface area contributed by atoms with E-state index in [2.05, 4.69) is 21.0 Å². The molecule has 2 N–H and O–H groups in total. The van der Waals surface area contributed by atoms with Gasteiger partial charge in [0.25, 0.3) is 5.91 Å². The summed E-state index contributed by atoms with van der Waals surface area (Å²) in [5, 5.41) is 13.2. The summed E-state index contributed by atoms with van der Waals surface area (Å²) in [6.07, 6.45) is 1.58. The Morgan fingerprint density at radius 2 is 1.89 bits per heavy atom. The van der Waals surface area contributed by atoms with Crippen molar-refractivity contribution in [1.29, 1.82) is 0 Å². The molecule has 0 atom stereocenters. The first-order valence-corrected chi connectivity index (χ1v) is 9.53. The van der Waals surface area contributed by atoms with Gasteiger partial charge in [-0.2, -0.15) is 5.10 Å². The first-order valence-electron chi connectivity index (χ1n) is 8.65. The van der Waals surface area contributed by atoms with Crippen LogP contribution in [0.3, 0.4) is 0 Å². The molecule has 3 aromatic rings. The van der Waals surface area contributed by atoms with E-state index in [0.717, 1.165) is 27.5 Å². The Balaban J connectivity index is 1.47. The minimum absolute atomic E-state index is 0.199. The second-order valence-corrected chi connectivity index (χ2v) is 6.78. The zero-order valence-electron chi connectivity index (χ0n) is 15.3. The molecule has 0 unspecified atom stereocenters. The molecule has 0 saturated carbocycles. The number of nitrogens with one attached hydrogen (secondary N) is 2. The molecule has 0 fully saturated rings. The molecule has 0 saturated heterocycles. The van der Waals surface area contributed by atoms with Crippen molar-refractivity contribution in [3.63, 3.8) is 0 Å². The summed E-state index contributed by atoms with van der Waals surface area (Å²) < 4.78 is 0. The molecule has 28 heavy (non-hydrogen) atoms. The quantitative estimate of drug-likeness (QED) is 0.441. The van der Waals surface area contributed by atoms with Crippen LogP contribution in [0.4, 0.5) is 11.4 Å². The number of para-hydroxylation sites is 1. The maximum absolute atomic E-state index is 11.8. The van der Waals surface area contributed by atoms with Crippen LogP contribution >= 0.6 is 11.3 Å². The van der Waals surface area contributed by atoms with Gasteiger partial charge in [-0.1, -0.05) is 41.6 Å². The van der Waals surface area contributed by atoms with Crippen molar-refractivity contribution in [2.45, 2.75) is 6.92 Å². The van der Waals surface area contributed by atoms with E-state index in [-0.39, 0.29) is 12.5 Å². The summed E-state index contributed by atoms with van der Waals surface area (Å²) in [5.74, 6) is -0.377. The summed E-state index contributed by atoms with van der Waals surface area (Å²) in [5.41, 5.74) is 5.95. The molecule has 0 aliphatic carbocycles. The molecular weight excluding hydrogens is 372 g/mol. The molecular formula is C21H20N4O2S. The third-order valence-electron chi connectivity index (χ3n) is 3.63. The van der Waals surface area contributed by atoms with Crippen molar-refractivity contribution in [1.82, 2.24) is 5.43 Å². The van der Waals surface area contributed by atoms with E-state index in [1.54, 1.807) is 17.6 Å². The molecule has 0 bridgehead atoms.